The van der Waals surface area contributed by atoms with Crippen LogP contribution in [-0.4, -0.2) is 53.4 Å². The van der Waals surface area contributed by atoms with Crippen molar-refractivity contribution in [1.82, 2.24) is 15.0 Å². The Bertz CT molecular complexity index is 437. The Morgan fingerprint density at radius 3 is 2.70 bits per heavy atom. The number of aliphatic hydroxyl groups excluding tert-OH is 1. The molecule has 0 unspecified atom stereocenters. The van der Waals surface area contributed by atoms with Crippen LogP contribution >= 0.6 is 0 Å². The Balaban J connectivity index is 2.04. The molecule has 1 saturated carbocycles. The third-order valence-corrected chi connectivity index (χ3v) is 3.35. The van der Waals surface area contributed by atoms with Crippen LogP contribution < -0.4 is 15.0 Å². The molecule has 0 saturated heterocycles. The van der Waals surface area contributed by atoms with Gasteiger partial charge in [-0.05, 0) is 25.2 Å². The van der Waals surface area contributed by atoms with E-state index in [1.165, 1.54) is 0 Å². The molecular formula is C13H23N5O2. The van der Waals surface area contributed by atoms with Gasteiger partial charge >= 0.3 is 6.01 Å². The van der Waals surface area contributed by atoms with Gasteiger partial charge in [0, 0.05) is 20.6 Å². The van der Waals surface area contributed by atoms with Crippen LogP contribution in [0.5, 0.6) is 6.01 Å². The largest absolute Gasteiger partial charge is 0.463 e. The summed E-state index contributed by atoms with van der Waals surface area (Å²) in [5.41, 5.74) is 0. The fourth-order valence-electron chi connectivity index (χ4n) is 2.20. The minimum Gasteiger partial charge on any atom is -0.463 e. The third kappa shape index (κ3) is 3.69. The highest BCUT2D eigenvalue weighted by atomic mass is 16.5. The highest BCUT2D eigenvalue weighted by Gasteiger charge is 2.28. The smallest absolute Gasteiger partial charge is 0.323 e. The Labute approximate surface area is 119 Å². The maximum Gasteiger partial charge on any atom is 0.323 e. The normalized spacial score (nSPS) is 21.2. The monoisotopic (exact) mass is 281 g/mol. The third-order valence-electron chi connectivity index (χ3n) is 3.35. The van der Waals surface area contributed by atoms with Crippen molar-refractivity contribution in [2.45, 2.75) is 32.3 Å². The molecule has 1 heterocycles. The number of anilines is 2. The summed E-state index contributed by atoms with van der Waals surface area (Å²) >= 11 is 0. The maximum absolute atomic E-state index is 9.34. The number of hydrogen-bond acceptors (Lipinski definition) is 7. The maximum atomic E-state index is 9.34. The van der Waals surface area contributed by atoms with Crippen molar-refractivity contribution in [2.75, 3.05) is 37.5 Å². The second-order valence-corrected chi connectivity index (χ2v) is 5.21. The average molecular weight is 281 g/mol. The zero-order valence-electron chi connectivity index (χ0n) is 12.3. The van der Waals surface area contributed by atoms with Crippen LogP contribution in [0.25, 0.3) is 0 Å². The fraction of sp³-hybridized carbons (Fsp3) is 0.769. The van der Waals surface area contributed by atoms with Gasteiger partial charge in [-0.2, -0.15) is 15.0 Å². The van der Waals surface area contributed by atoms with Crippen molar-refractivity contribution in [3.05, 3.63) is 0 Å². The molecule has 1 aliphatic carbocycles. The molecular weight excluding hydrogens is 258 g/mol. The first-order chi connectivity index (χ1) is 9.62. The van der Waals surface area contributed by atoms with Crippen molar-refractivity contribution in [3.8, 4) is 6.01 Å². The van der Waals surface area contributed by atoms with Gasteiger partial charge in [0.15, 0.2) is 0 Å². The van der Waals surface area contributed by atoms with E-state index >= 15 is 0 Å². The molecule has 0 aliphatic heterocycles. The first-order valence-corrected chi connectivity index (χ1v) is 7.08. The van der Waals surface area contributed by atoms with Crippen LogP contribution in [-0.2, 0) is 0 Å². The van der Waals surface area contributed by atoms with Crippen LogP contribution in [0.1, 0.15) is 26.2 Å². The van der Waals surface area contributed by atoms with Crippen molar-refractivity contribution in [1.29, 1.82) is 0 Å². The van der Waals surface area contributed by atoms with E-state index in [2.05, 4.69) is 20.3 Å². The highest BCUT2D eigenvalue weighted by molar-refractivity contribution is 5.37. The minimum absolute atomic E-state index is 0.136. The molecule has 0 bridgehead atoms. The highest BCUT2D eigenvalue weighted by Crippen LogP contribution is 2.28. The summed E-state index contributed by atoms with van der Waals surface area (Å²) in [6, 6.07) is 0.349. The Hall–Kier alpha value is -1.63. The molecule has 0 aromatic carbocycles. The van der Waals surface area contributed by atoms with E-state index in [1.54, 1.807) is 7.05 Å². The minimum atomic E-state index is -0.136. The van der Waals surface area contributed by atoms with Crippen LogP contribution in [0.15, 0.2) is 0 Å². The number of aromatic nitrogens is 3. The van der Waals surface area contributed by atoms with E-state index in [0.717, 1.165) is 25.8 Å². The molecule has 2 rings (SSSR count). The SMILES string of the molecule is CCCOc1nc(NC)nc(N(C)CC2CC(O)C2)n1. The molecule has 20 heavy (non-hydrogen) atoms. The molecule has 1 aromatic rings. The van der Waals surface area contributed by atoms with E-state index in [0.29, 0.717) is 30.4 Å². The number of nitrogens with zero attached hydrogens (tertiary/aromatic N) is 4. The van der Waals surface area contributed by atoms with Gasteiger partial charge in [0.25, 0.3) is 0 Å². The first kappa shape index (κ1) is 14.8. The lowest BCUT2D eigenvalue weighted by atomic mass is 9.82. The number of rotatable bonds is 7. The first-order valence-electron chi connectivity index (χ1n) is 7.08. The number of ether oxygens (including phenoxy) is 1. The lowest BCUT2D eigenvalue weighted by Crippen LogP contribution is -2.37. The van der Waals surface area contributed by atoms with Gasteiger partial charge in [0.2, 0.25) is 11.9 Å². The summed E-state index contributed by atoms with van der Waals surface area (Å²) in [4.78, 5) is 14.8. The molecule has 1 aromatic heterocycles. The van der Waals surface area contributed by atoms with Crippen LogP contribution in [0, 0.1) is 5.92 Å². The van der Waals surface area contributed by atoms with Crippen LogP contribution in [0.3, 0.4) is 0 Å². The summed E-state index contributed by atoms with van der Waals surface area (Å²) in [5, 5.41) is 12.3. The van der Waals surface area contributed by atoms with Crippen molar-refractivity contribution >= 4 is 11.9 Å². The van der Waals surface area contributed by atoms with Crippen molar-refractivity contribution in [3.63, 3.8) is 0 Å². The summed E-state index contributed by atoms with van der Waals surface area (Å²) in [7, 11) is 3.72. The quantitative estimate of drug-likeness (QED) is 0.768. The van der Waals surface area contributed by atoms with Crippen molar-refractivity contribution in [2.24, 2.45) is 5.92 Å². The lowest BCUT2D eigenvalue weighted by Gasteiger charge is -2.34. The van der Waals surface area contributed by atoms with E-state index < -0.39 is 0 Å². The Morgan fingerprint density at radius 1 is 1.35 bits per heavy atom. The second kappa shape index (κ2) is 6.69. The fourth-order valence-corrected chi connectivity index (χ4v) is 2.20. The molecule has 1 aliphatic rings. The standard InChI is InChI=1S/C13H23N5O2/c1-4-5-20-13-16-11(14-2)15-12(17-13)18(3)8-9-6-10(19)7-9/h9-10,19H,4-8H2,1-3H3,(H,14,15,16,17). The van der Waals surface area contributed by atoms with Gasteiger partial charge in [0.05, 0.1) is 12.7 Å². The summed E-state index contributed by atoms with van der Waals surface area (Å²) < 4.78 is 5.48. The molecule has 7 nitrogen and oxygen atoms in total. The molecule has 0 spiro atoms. The average Bonchev–Trinajstić information content (AvgIpc) is 2.42. The van der Waals surface area contributed by atoms with Crippen LogP contribution in [0.4, 0.5) is 11.9 Å². The molecule has 112 valence electrons. The molecule has 7 heteroatoms. The summed E-state index contributed by atoms with van der Waals surface area (Å²) in [6.45, 7) is 3.46. The molecule has 0 atom stereocenters. The van der Waals surface area contributed by atoms with E-state index in [-0.39, 0.29) is 6.10 Å². The predicted molar refractivity (Wildman–Crippen MR) is 77.2 cm³/mol. The lowest BCUT2D eigenvalue weighted by molar-refractivity contribution is 0.0463. The number of hydrogen-bond donors (Lipinski definition) is 2. The van der Waals surface area contributed by atoms with Gasteiger partial charge in [-0.3, -0.25) is 0 Å². The molecule has 2 N–H and O–H groups in total. The topological polar surface area (TPSA) is 83.4 Å². The zero-order chi connectivity index (χ0) is 14.5. The number of aliphatic hydroxyl groups is 1. The second-order valence-electron chi connectivity index (χ2n) is 5.21. The Morgan fingerprint density at radius 2 is 2.10 bits per heavy atom. The predicted octanol–water partition coefficient (Wildman–Crippen LogP) is 0.909. The van der Waals surface area contributed by atoms with E-state index in [1.807, 2.05) is 18.9 Å². The van der Waals surface area contributed by atoms with Gasteiger partial charge in [-0.1, -0.05) is 6.92 Å². The molecule has 0 radical (unpaired) electrons. The molecule has 1 fully saturated rings. The van der Waals surface area contributed by atoms with Gasteiger partial charge in [-0.25, -0.2) is 0 Å². The summed E-state index contributed by atoms with van der Waals surface area (Å²) in [6.07, 6.45) is 2.48. The van der Waals surface area contributed by atoms with Crippen molar-refractivity contribution < 1.29 is 9.84 Å². The van der Waals surface area contributed by atoms with Crippen LogP contribution in [0.2, 0.25) is 0 Å². The van der Waals surface area contributed by atoms with E-state index in [4.69, 9.17) is 4.74 Å². The van der Waals surface area contributed by atoms with Gasteiger partial charge in [-0.15, -0.1) is 0 Å². The van der Waals surface area contributed by atoms with E-state index in [9.17, 15) is 5.11 Å². The Kier molecular flexibility index (Phi) is 4.94. The summed E-state index contributed by atoms with van der Waals surface area (Å²) in [5.74, 6) is 1.60. The van der Waals surface area contributed by atoms with Gasteiger partial charge < -0.3 is 20.1 Å². The molecule has 0 amide bonds. The zero-order valence-corrected chi connectivity index (χ0v) is 12.3. The van der Waals surface area contributed by atoms with Gasteiger partial charge in [0.1, 0.15) is 0 Å². The number of nitrogens with one attached hydrogen (secondary N) is 1.